The summed E-state index contributed by atoms with van der Waals surface area (Å²) >= 11 is 0. The summed E-state index contributed by atoms with van der Waals surface area (Å²) in [6, 6.07) is 0. The van der Waals surface area contributed by atoms with Crippen molar-refractivity contribution in [2.45, 2.75) is 12.8 Å². The van der Waals surface area contributed by atoms with Gasteiger partial charge in [0, 0.05) is 6.54 Å². The molecule has 30 valence electrons. The van der Waals surface area contributed by atoms with Crippen molar-refractivity contribution in [1.29, 1.82) is 0 Å². The van der Waals surface area contributed by atoms with Gasteiger partial charge in [0.25, 0.3) is 0 Å². The molecule has 0 saturated carbocycles. The Balaban J connectivity index is 0. The third-order valence-electron chi connectivity index (χ3n) is 0.750. The Morgan fingerprint density at radius 2 is 2.50 bits per heavy atom. The summed E-state index contributed by atoms with van der Waals surface area (Å²) in [4.78, 5) is 3.96. The topological polar surface area (TPSA) is 12.4 Å². The molecule has 0 bridgehead atoms. The van der Waals surface area contributed by atoms with Crippen LogP contribution in [0.5, 0.6) is 0 Å². The van der Waals surface area contributed by atoms with E-state index >= 15 is 0 Å². The van der Waals surface area contributed by atoms with Gasteiger partial charge in [0.2, 0.25) is 0 Å². The number of nitrogens with zero attached hydrogens (tertiary/aromatic N) is 1. The van der Waals surface area contributed by atoms with Crippen LogP contribution in [0.2, 0.25) is 0 Å². The Morgan fingerprint density at radius 3 is 2.67 bits per heavy atom. The van der Waals surface area contributed by atoms with Gasteiger partial charge >= 0.3 is 51.4 Å². The minimum absolute atomic E-state index is 0. The Labute approximate surface area is 82.1 Å². The second-order valence-corrected chi connectivity index (χ2v) is 1.23. The molecule has 1 heterocycles. The van der Waals surface area contributed by atoms with Gasteiger partial charge in [-0.25, -0.2) is 0 Å². The molecule has 6 heavy (non-hydrogen) atoms. The van der Waals surface area contributed by atoms with Crippen LogP contribution in [0.3, 0.4) is 0 Å². The van der Waals surface area contributed by atoms with E-state index < -0.39 is 0 Å². The van der Waals surface area contributed by atoms with E-state index in [0.29, 0.717) is 0 Å². The van der Waals surface area contributed by atoms with E-state index in [2.05, 4.69) is 4.99 Å². The average Bonchev–Trinajstić information content (AvgIpc) is 1.76. The minimum Gasteiger partial charge on any atom is -1.00 e. The summed E-state index contributed by atoms with van der Waals surface area (Å²) in [6.07, 6.45) is 4.47. The van der Waals surface area contributed by atoms with E-state index in [1.807, 2.05) is 6.21 Å². The van der Waals surface area contributed by atoms with E-state index in [1.54, 1.807) is 0 Å². The van der Waals surface area contributed by atoms with Crippen LogP contribution in [0, 0.1) is 0 Å². The summed E-state index contributed by atoms with van der Waals surface area (Å²) in [5.41, 5.74) is 0. The smallest absolute Gasteiger partial charge is 1.00 e. The molecule has 0 aromatic rings. The average molecular weight is 109 g/mol. The van der Waals surface area contributed by atoms with E-state index in [4.69, 9.17) is 0 Å². The van der Waals surface area contributed by atoms with Crippen LogP contribution in [0.4, 0.5) is 0 Å². The molecule has 0 N–H and O–H groups in total. The molecule has 0 unspecified atom stereocenters. The Bertz CT molecular complexity index is 49.7. The molecule has 0 aromatic carbocycles. The van der Waals surface area contributed by atoms with Crippen molar-refractivity contribution < 1.29 is 52.8 Å². The van der Waals surface area contributed by atoms with Crippen LogP contribution < -0.4 is 51.4 Å². The molecule has 0 amide bonds. The van der Waals surface area contributed by atoms with E-state index in [9.17, 15) is 0 Å². The van der Waals surface area contributed by atoms with Crippen LogP contribution in [0.25, 0.3) is 0 Å². The van der Waals surface area contributed by atoms with Crippen molar-refractivity contribution >= 4 is 6.21 Å². The maximum absolute atomic E-state index is 3.96. The third-order valence-corrected chi connectivity index (χ3v) is 0.750. The maximum Gasteiger partial charge on any atom is 1.00 e. The summed E-state index contributed by atoms with van der Waals surface area (Å²) in [5, 5.41) is 0. The molecule has 2 heteroatoms. The molecule has 0 fully saturated rings. The predicted octanol–water partition coefficient (Wildman–Crippen LogP) is -2.03. The van der Waals surface area contributed by atoms with Crippen LogP contribution in [-0.4, -0.2) is 12.8 Å². The molecular weight excluding hydrogens is 101 g/mol. The first-order valence-corrected chi connectivity index (χ1v) is 1.98. The van der Waals surface area contributed by atoms with Crippen LogP contribution in [0.1, 0.15) is 14.3 Å². The van der Waals surface area contributed by atoms with Crippen molar-refractivity contribution in [3.05, 3.63) is 0 Å². The van der Waals surface area contributed by atoms with Gasteiger partial charge in [-0.15, -0.1) is 0 Å². The zero-order chi connectivity index (χ0) is 3.54. The first-order chi connectivity index (χ1) is 2.50. The van der Waals surface area contributed by atoms with Crippen molar-refractivity contribution in [3.63, 3.8) is 0 Å². The third kappa shape index (κ3) is 2.47. The molecular formula is C4H8KN. The van der Waals surface area contributed by atoms with Crippen molar-refractivity contribution in [2.24, 2.45) is 4.99 Å². The quantitative estimate of drug-likeness (QED) is 0.318. The van der Waals surface area contributed by atoms with Gasteiger partial charge < -0.3 is 1.43 Å². The molecule has 1 rings (SSSR count). The second-order valence-electron chi connectivity index (χ2n) is 1.23. The zero-order valence-electron chi connectivity index (χ0n) is 5.15. The molecule has 0 spiro atoms. The monoisotopic (exact) mass is 109 g/mol. The second kappa shape index (κ2) is 4.46. The fourth-order valence-corrected chi connectivity index (χ4v) is 0.456. The molecule has 1 aliphatic heterocycles. The van der Waals surface area contributed by atoms with Gasteiger partial charge in [-0.05, 0) is 19.1 Å². The fourth-order valence-electron chi connectivity index (χ4n) is 0.456. The number of rotatable bonds is 0. The van der Waals surface area contributed by atoms with E-state index in [-0.39, 0.29) is 52.8 Å². The van der Waals surface area contributed by atoms with Crippen molar-refractivity contribution in [2.75, 3.05) is 6.54 Å². The summed E-state index contributed by atoms with van der Waals surface area (Å²) in [5.74, 6) is 0. The predicted molar refractivity (Wildman–Crippen MR) is 23.7 cm³/mol. The standard InChI is InChI=1S/C4H7N.K.H/c1-2-4-5-3-1;;/h3H,1-2,4H2;;/q;+1;-1. The van der Waals surface area contributed by atoms with Crippen LogP contribution in [0.15, 0.2) is 4.99 Å². The minimum atomic E-state index is 0. The Kier molecular flexibility index (Phi) is 5.44. The van der Waals surface area contributed by atoms with E-state index in [1.165, 1.54) is 12.8 Å². The zero-order valence-corrected chi connectivity index (χ0v) is 7.27. The Morgan fingerprint density at radius 1 is 1.67 bits per heavy atom. The molecule has 0 saturated heterocycles. The molecule has 0 atom stereocenters. The van der Waals surface area contributed by atoms with Crippen LogP contribution in [-0.2, 0) is 0 Å². The normalized spacial score (nSPS) is 17.3. The van der Waals surface area contributed by atoms with E-state index in [0.717, 1.165) is 6.54 Å². The summed E-state index contributed by atoms with van der Waals surface area (Å²) in [6.45, 7) is 1.07. The molecule has 0 aromatic heterocycles. The number of aliphatic imine (C=N–C) groups is 1. The summed E-state index contributed by atoms with van der Waals surface area (Å²) in [7, 11) is 0. The van der Waals surface area contributed by atoms with Crippen LogP contribution >= 0.6 is 0 Å². The van der Waals surface area contributed by atoms with Crippen molar-refractivity contribution in [3.8, 4) is 0 Å². The van der Waals surface area contributed by atoms with Gasteiger partial charge in [-0.2, -0.15) is 0 Å². The van der Waals surface area contributed by atoms with Gasteiger partial charge in [-0.3, -0.25) is 4.99 Å². The van der Waals surface area contributed by atoms with Gasteiger partial charge in [-0.1, -0.05) is 0 Å². The number of hydrogen-bond acceptors (Lipinski definition) is 1. The molecule has 1 nitrogen and oxygen atoms in total. The fraction of sp³-hybridized carbons (Fsp3) is 0.750. The SMILES string of the molecule is C1=NCCC1.[H-].[K+]. The molecule has 0 aliphatic carbocycles. The maximum atomic E-state index is 3.96. The molecule has 1 aliphatic rings. The number of hydrogen-bond donors (Lipinski definition) is 0. The largest absolute Gasteiger partial charge is 1.00 e. The van der Waals surface area contributed by atoms with Gasteiger partial charge in [0.15, 0.2) is 0 Å². The molecule has 0 radical (unpaired) electrons. The first kappa shape index (κ1) is 7.31. The van der Waals surface area contributed by atoms with Gasteiger partial charge in [0.05, 0.1) is 0 Å². The first-order valence-electron chi connectivity index (χ1n) is 1.98. The van der Waals surface area contributed by atoms with Crippen molar-refractivity contribution in [1.82, 2.24) is 0 Å². The Hall–Kier alpha value is 1.31. The summed E-state index contributed by atoms with van der Waals surface area (Å²) < 4.78 is 0. The van der Waals surface area contributed by atoms with Gasteiger partial charge in [0.1, 0.15) is 0 Å².